The zero-order valence-electron chi connectivity index (χ0n) is 12.6. The van der Waals surface area contributed by atoms with Crippen molar-refractivity contribution in [1.29, 1.82) is 0 Å². The molecule has 0 saturated heterocycles. The number of rotatable bonds is 5. The van der Waals surface area contributed by atoms with E-state index in [2.05, 4.69) is 5.32 Å². The number of ketones is 1. The number of hydrogen-bond acceptors (Lipinski definition) is 3. The summed E-state index contributed by atoms with van der Waals surface area (Å²) in [6, 6.07) is 9.13. The first kappa shape index (κ1) is 16.6. The van der Waals surface area contributed by atoms with Crippen molar-refractivity contribution in [2.75, 3.05) is 5.32 Å². The fraction of sp³-hybridized carbons (Fsp3) is 0.176. The second kappa shape index (κ2) is 7.00. The van der Waals surface area contributed by atoms with Gasteiger partial charge in [-0.3, -0.25) is 9.59 Å². The third-order valence-corrected chi connectivity index (χ3v) is 3.11. The first-order chi connectivity index (χ1) is 10.9. The van der Waals surface area contributed by atoms with Gasteiger partial charge in [0, 0.05) is 11.6 Å². The van der Waals surface area contributed by atoms with Gasteiger partial charge in [0.05, 0.1) is 5.69 Å². The van der Waals surface area contributed by atoms with Crippen LogP contribution in [0.15, 0.2) is 42.5 Å². The van der Waals surface area contributed by atoms with Crippen LogP contribution in [0.5, 0.6) is 5.75 Å². The highest BCUT2D eigenvalue weighted by atomic mass is 19.1. The molecule has 1 atom stereocenters. The van der Waals surface area contributed by atoms with Crippen LogP contribution in [-0.4, -0.2) is 17.8 Å². The Balaban J connectivity index is 2.07. The zero-order chi connectivity index (χ0) is 17.0. The third-order valence-electron chi connectivity index (χ3n) is 3.11. The Hall–Kier alpha value is -2.76. The molecular formula is C17H15F2NO3. The molecule has 0 aliphatic carbocycles. The van der Waals surface area contributed by atoms with Gasteiger partial charge in [0.15, 0.2) is 11.9 Å². The summed E-state index contributed by atoms with van der Waals surface area (Å²) in [4.78, 5) is 23.3. The maximum atomic E-state index is 13.5. The maximum Gasteiger partial charge on any atom is 0.265 e. The van der Waals surface area contributed by atoms with Gasteiger partial charge in [-0.2, -0.15) is 0 Å². The molecule has 2 rings (SSSR count). The van der Waals surface area contributed by atoms with Crippen molar-refractivity contribution >= 4 is 17.4 Å². The van der Waals surface area contributed by atoms with Crippen molar-refractivity contribution in [1.82, 2.24) is 0 Å². The van der Waals surface area contributed by atoms with Gasteiger partial charge in [0.1, 0.15) is 17.4 Å². The highest BCUT2D eigenvalue weighted by Crippen LogP contribution is 2.18. The van der Waals surface area contributed by atoms with Crippen LogP contribution in [0.1, 0.15) is 24.2 Å². The van der Waals surface area contributed by atoms with E-state index >= 15 is 0 Å². The molecule has 6 heteroatoms. The average molecular weight is 319 g/mol. The minimum atomic E-state index is -0.958. The number of Topliss-reactive ketones (excluding diaryl/α,β-unsaturated/α-hetero) is 1. The fourth-order valence-electron chi connectivity index (χ4n) is 1.87. The number of anilines is 1. The largest absolute Gasteiger partial charge is 0.481 e. The molecule has 0 bridgehead atoms. The number of carbonyl (C=O) groups excluding carboxylic acids is 2. The van der Waals surface area contributed by atoms with Crippen LogP contribution in [-0.2, 0) is 4.79 Å². The molecule has 0 heterocycles. The molecule has 120 valence electrons. The smallest absolute Gasteiger partial charge is 0.265 e. The molecule has 2 aromatic rings. The number of halogens is 2. The van der Waals surface area contributed by atoms with E-state index in [-0.39, 0.29) is 11.5 Å². The minimum Gasteiger partial charge on any atom is -0.481 e. The van der Waals surface area contributed by atoms with Crippen LogP contribution >= 0.6 is 0 Å². The summed E-state index contributed by atoms with van der Waals surface area (Å²) >= 11 is 0. The summed E-state index contributed by atoms with van der Waals surface area (Å²) in [6.07, 6.45) is -0.958. The van der Waals surface area contributed by atoms with Crippen molar-refractivity contribution in [3.05, 3.63) is 59.7 Å². The fourth-order valence-corrected chi connectivity index (χ4v) is 1.87. The Bertz CT molecular complexity index is 746. The Morgan fingerprint density at radius 3 is 2.57 bits per heavy atom. The Morgan fingerprint density at radius 1 is 1.13 bits per heavy atom. The predicted molar refractivity (Wildman–Crippen MR) is 81.5 cm³/mol. The average Bonchev–Trinajstić information content (AvgIpc) is 2.51. The summed E-state index contributed by atoms with van der Waals surface area (Å²) in [5.74, 6) is -1.84. The van der Waals surface area contributed by atoms with Gasteiger partial charge in [-0.05, 0) is 38.1 Å². The lowest BCUT2D eigenvalue weighted by Gasteiger charge is -2.15. The van der Waals surface area contributed by atoms with Gasteiger partial charge in [-0.15, -0.1) is 0 Å². The van der Waals surface area contributed by atoms with Crippen LogP contribution in [0, 0.1) is 11.6 Å². The number of hydrogen-bond donors (Lipinski definition) is 1. The van der Waals surface area contributed by atoms with Gasteiger partial charge in [-0.25, -0.2) is 8.78 Å². The molecule has 4 nitrogen and oxygen atoms in total. The zero-order valence-corrected chi connectivity index (χ0v) is 12.6. The quantitative estimate of drug-likeness (QED) is 0.857. The number of ether oxygens (including phenoxy) is 1. The summed E-state index contributed by atoms with van der Waals surface area (Å²) in [5.41, 5.74) is 0.189. The lowest BCUT2D eigenvalue weighted by Crippen LogP contribution is -2.30. The van der Waals surface area contributed by atoms with Gasteiger partial charge in [-0.1, -0.05) is 12.1 Å². The van der Waals surface area contributed by atoms with Crippen molar-refractivity contribution in [3.63, 3.8) is 0 Å². The summed E-state index contributed by atoms with van der Waals surface area (Å²) in [7, 11) is 0. The first-order valence-electron chi connectivity index (χ1n) is 6.90. The maximum absolute atomic E-state index is 13.5. The second-order valence-electron chi connectivity index (χ2n) is 4.96. The molecule has 0 radical (unpaired) electrons. The Labute approximate surface area is 132 Å². The lowest BCUT2D eigenvalue weighted by molar-refractivity contribution is -0.122. The molecule has 0 saturated carbocycles. The van der Waals surface area contributed by atoms with E-state index in [1.165, 1.54) is 19.9 Å². The van der Waals surface area contributed by atoms with Crippen LogP contribution in [0.3, 0.4) is 0 Å². The monoisotopic (exact) mass is 319 g/mol. The van der Waals surface area contributed by atoms with Gasteiger partial charge < -0.3 is 10.1 Å². The van der Waals surface area contributed by atoms with E-state index in [1.807, 2.05) is 0 Å². The number of carbonyl (C=O) groups is 2. The van der Waals surface area contributed by atoms with Crippen molar-refractivity contribution in [3.8, 4) is 5.75 Å². The Kier molecular flexibility index (Phi) is 5.05. The van der Waals surface area contributed by atoms with Crippen LogP contribution in [0.25, 0.3) is 0 Å². The van der Waals surface area contributed by atoms with Crippen LogP contribution < -0.4 is 10.1 Å². The normalized spacial score (nSPS) is 11.7. The molecule has 0 spiro atoms. The van der Waals surface area contributed by atoms with Crippen LogP contribution in [0.4, 0.5) is 14.5 Å². The van der Waals surface area contributed by atoms with E-state index < -0.39 is 23.6 Å². The van der Waals surface area contributed by atoms with Gasteiger partial charge in [0.25, 0.3) is 5.91 Å². The molecule has 0 fully saturated rings. The number of amides is 1. The molecular weight excluding hydrogens is 304 g/mol. The molecule has 0 unspecified atom stereocenters. The second-order valence-corrected chi connectivity index (χ2v) is 4.96. The molecule has 0 aliphatic heterocycles. The van der Waals surface area contributed by atoms with E-state index in [0.29, 0.717) is 11.3 Å². The standard InChI is InChI=1S/C17H15F2NO3/c1-10(21)12-4-3-5-14(8-12)23-11(2)17(22)20-16-9-13(18)6-7-15(16)19/h3-9,11H,1-2H3,(H,20,22)/t11-/m0/s1. The molecule has 1 N–H and O–H groups in total. The third kappa shape index (κ3) is 4.35. The summed E-state index contributed by atoms with van der Waals surface area (Å²) in [6.45, 7) is 2.88. The lowest BCUT2D eigenvalue weighted by atomic mass is 10.1. The number of nitrogens with one attached hydrogen (secondary N) is 1. The first-order valence-corrected chi connectivity index (χ1v) is 6.90. The topological polar surface area (TPSA) is 55.4 Å². The van der Waals surface area contributed by atoms with Crippen molar-refractivity contribution < 1.29 is 23.1 Å². The highest BCUT2D eigenvalue weighted by Gasteiger charge is 2.17. The summed E-state index contributed by atoms with van der Waals surface area (Å²) in [5, 5.41) is 2.26. The minimum absolute atomic E-state index is 0.130. The van der Waals surface area contributed by atoms with E-state index in [4.69, 9.17) is 4.74 Å². The SMILES string of the molecule is CC(=O)c1cccc(O[C@@H](C)C(=O)Nc2cc(F)ccc2F)c1. The van der Waals surface area contributed by atoms with Crippen molar-refractivity contribution in [2.45, 2.75) is 20.0 Å². The van der Waals surface area contributed by atoms with Gasteiger partial charge >= 0.3 is 0 Å². The van der Waals surface area contributed by atoms with E-state index in [9.17, 15) is 18.4 Å². The van der Waals surface area contributed by atoms with E-state index in [0.717, 1.165) is 18.2 Å². The molecule has 1 amide bonds. The highest BCUT2D eigenvalue weighted by molar-refractivity contribution is 5.95. The van der Waals surface area contributed by atoms with E-state index in [1.54, 1.807) is 18.2 Å². The molecule has 23 heavy (non-hydrogen) atoms. The predicted octanol–water partition coefficient (Wildman–Crippen LogP) is 3.57. The van der Waals surface area contributed by atoms with Crippen LogP contribution in [0.2, 0.25) is 0 Å². The summed E-state index contributed by atoms with van der Waals surface area (Å²) < 4.78 is 32.0. The van der Waals surface area contributed by atoms with Crippen molar-refractivity contribution in [2.24, 2.45) is 0 Å². The molecule has 2 aromatic carbocycles. The molecule has 0 aromatic heterocycles. The van der Waals surface area contributed by atoms with Gasteiger partial charge in [0.2, 0.25) is 0 Å². The molecule has 0 aliphatic rings. The number of benzene rings is 2. The Morgan fingerprint density at radius 2 is 1.87 bits per heavy atom.